The second kappa shape index (κ2) is 8.31. The monoisotopic (exact) mass is 403 g/mol. The molecule has 5 rings (SSSR count). The van der Waals surface area contributed by atoms with Gasteiger partial charge in [0.1, 0.15) is 0 Å². The molecular weight excluding hydrogens is 378 g/mol. The molecule has 1 aliphatic carbocycles. The maximum atomic E-state index is 12.2. The Hall–Kier alpha value is -3.13. The van der Waals surface area contributed by atoms with Gasteiger partial charge in [-0.3, -0.25) is 14.7 Å². The first kappa shape index (κ1) is 18.9. The Morgan fingerprint density at radius 3 is 2.70 bits per heavy atom. The van der Waals surface area contributed by atoms with Gasteiger partial charge in [-0.25, -0.2) is 4.68 Å². The quantitative estimate of drug-likeness (QED) is 0.637. The maximum absolute atomic E-state index is 12.2. The first-order chi connectivity index (χ1) is 14.8. The van der Waals surface area contributed by atoms with Gasteiger partial charge in [-0.2, -0.15) is 10.2 Å². The summed E-state index contributed by atoms with van der Waals surface area (Å²) in [6, 6.07) is 9.38. The molecule has 3 aromatic heterocycles. The van der Waals surface area contributed by atoms with E-state index in [9.17, 15) is 4.79 Å². The molecule has 1 saturated heterocycles. The second-order valence-electron chi connectivity index (χ2n) is 7.88. The Labute approximate surface area is 175 Å². The summed E-state index contributed by atoms with van der Waals surface area (Å²) in [6.07, 6.45) is 6.87. The third kappa shape index (κ3) is 3.95. The van der Waals surface area contributed by atoms with Crippen molar-refractivity contribution in [2.24, 2.45) is 0 Å². The van der Waals surface area contributed by atoms with Gasteiger partial charge in [0.25, 0.3) is 5.56 Å². The summed E-state index contributed by atoms with van der Waals surface area (Å²) in [5, 5.41) is 13.4. The van der Waals surface area contributed by atoms with Crippen LogP contribution in [0, 0.1) is 0 Å². The molecule has 0 amide bonds. The van der Waals surface area contributed by atoms with E-state index in [2.05, 4.69) is 36.1 Å². The number of hydrogen-bond acceptors (Lipinski definition) is 7. The van der Waals surface area contributed by atoms with E-state index < -0.39 is 0 Å². The summed E-state index contributed by atoms with van der Waals surface area (Å²) in [5.74, 6) is 0.998. The molecule has 3 aromatic rings. The molecular formula is C22H25N7O. The van der Waals surface area contributed by atoms with Crippen LogP contribution in [0.2, 0.25) is 0 Å². The van der Waals surface area contributed by atoms with Crippen LogP contribution in [0.3, 0.4) is 0 Å². The normalized spacial score (nSPS) is 16.6. The van der Waals surface area contributed by atoms with Crippen LogP contribution in [0.1, 0.15) is 17.7 Å². The zero-order valence-corrected chi connectivity index (χ0v) is 16.9. The fourth-order valence-corrected chi connectivity index (χ4v) is 4.19. The van der Waals surface area contributed by atoms with E-state index in [1.807, 2.05) is 12.1 Å². The molecule has 0 unspecified atom stereocenters. The molecule has 1 fully saturated rings. The fraction of sp³-hybridized carbons (Fsp3) is 0.409. The average Bonchev–Trinajstić information content (AvgIpc) is 3.27. The standard InChI is InChI=1S/C22H25N7O/c30-22-7-6-20(18-4-2-8-23-16-18)26-29(22)14-11-27-9-12-28(13-10-27)21-15-17-3-1-5-19(17)24-25-21/h2,4,6-8,15-16H,1,3,5,9-14H2. The van der Waals surface area contributed by atoms with Gasteiger partial charge in [-0.15, -0.1) is 5.10 Å². The molecule has 0 aromatic carbocycles. The molecule has 0 N–H and O–H groups in total. The highest BCUT2D eigenvalue weighted by atomic mass is 16.1. The van der Waals surface area contributed by atoms with E-state index in [1.165, 1.54) is 17.7 Å². The number of hydrogen-bond donors (Lipinski definition) is 0. The van der Waals surface area contributed by atoms with Crippen molar-refractivity contribution in [3.8, 4) is 11.3 Å². The van der Waals surface area contributed by atoms with Crippen LogP contribution >= 0.6 is 0 Å². The maximum Gasteiger partial charge on any atom is 0.266 e. The molecule has 0 spiro atoms. The van der Waals surface area contributed by atoms with Gasteiger partial charge in [0.05, 0.1) is 17.9 Å². The lowest BCUT2D eigenvalue weighted by Gasteiger charge is -2.35. The summed E-state index contributed by atoms with van der Waals surface area (Å²) in [7, 11) is 0. The first-order valence-corrected chi connectivity index (χ1v) is 10.6. The number of aromatic nitrogens is 5. The number of piperazine rings is 1. The highest BCUT2D eigenvalue weighted by Gasteiger charge is 2.21. The average molecular weight is 403 g/mol. The largest absolute Gasteiger partial charge is 0.353 e. The lowest BCUT2D eigenvalue weighted by molar-refractivity contribution is 0.242. The molecule has 0 radical (unpaired) electrons. The molecule has 8 nitrogen and oxygen atoms in total. The van der Waals surface area contributed by atoms with E-state index in [1.54, 1.807) is 29.2 Å². The number of aryl methyl sites for hydroxylation is 2. The Morgan fingerprint density at radius 1 is 0.967 bits per heavy atom. The van der Waals surface area contributed by atoms with Crippen molar-refractivity contribution in [3.05, 3.63) is 64.3 Å². The predicted octanol–water partition coefficient (Wildman–Crippen LogP) is 1.41. The molecule has 1 aliphatic heterocycles. The van der Waals surface area contributed by atoms with Crippen molar-refractivity contribution in [2.75, 3.05) is 37.6 Å². The third-order valence-electron chi connectivity index (χ3n) is 5.96. The number of fused-ring (bicyclic) bond motifs is 1. The Kier molecular flexibility index (Phi) is 5.23. The summed E-state index contributed by atoms with van der Waals surface area (Å²) >= 11 is 0. The highest BCUT2D eigenvalue weighted by Crippen LogP contribution is 2.23. The van der Waals surface area contributed by atoms with Crippen molar-refractivity contribution >= 4 is 5.82 Å². The minimum atomic E-state index is -0.0744. The van der Waals surface area contributed by atoms with Crippen LogP contribution in [-0.2, 0) is 19.4 Å². The van der Waals surface area contributed by atoms with Crippen LogP contribution in [-0.4, -0.2) is 62.6 Å². The molecule has 8 heteroatoms. The SMILES string of the molecule is O=c1ccc(-c2cccnc2)nn1CCN1CCN(c2cc3c(nn2)CCC3)CC1. The molecule has 0 bridgehead atoms. The van der Waals surface area contributed by atoms with Crippen LogP contribution in [0.15, 0.2) is 47.5 Å². The zero-order chi connectivity index (χ0) is 20.3. The van der Waals surface area contributed by atoms with Crippen LogP contribution < -0.4 is 10.5 Å². The van der Waals surface area contributed by atoms with Crippen molar-refractivity contribution in [1.29, 1.82) is 0 Å². The van der Waals surface area contributed by atoms with Gasteiger partial charge in [0.15, 0.2) is 5.82 Å². The topological polar surface area (TPSA) is 80.0 Å². The Morgan fingerprint density at radius 2 is 1.87 bits per heavy atom. The molecule has 154 valence electrons. The van der Waals surface area contributed by atoms with Crippen molar-refractivity contribution in [1.82, 2.24) is 29.9 Å². The molecule has 30 heavy (non-hydrogen) atoms. The third-order valence-corrected chi connectivity index (χ3v) is 5.96. The van der Waals surface area contributed by atoms with E-state index in [0.717, 1.165) is 62.6 Å². The predicted molar refractivity (Wildman–Crippen MR) is 114 cm³/mol. The second-order valence-corrected chi connectivity index (χ2v) is 7.88. The van der Waals surface area contributed by atoms with Gasteiger partial charge in [0, 0.05) is 56.7 Å². The molecule has 4 heterocycles. The Balaban J connectivity index is 1.19. The fourth-order valence-electron chi connectivity index (χ4n) is 4.19. The van der Waals surface area contributed by atoms with Gasteiger partial charge >= 0.3 is 0 Å². The lowest BCUT2D eigenvalue weighted by atomic mass is 10.2. The van der Waals surface area contributed by atoms with Crippen LogP contribution in [0.25, 0.3) is 11.3 Å². The van der Waals surface area contributed by atoms with Gasteiger partial charge in [0.2, 0.25) is 0 Å². The summed E-state index contributed by atoms with van der Waals surface area (Å²) in [6.45, 7) is 5.10. The zero-order valence-electron chi connectivity index (χ0n) is 16.9. The number of nitrogens with zero attached hydrogens (tertiary/aromatic N) is 7. The smallest absolute Gasteiger partial charge is 0.266 e. The van der Waals surface area contributed by atoms with E-state index in [0.29, 0.717) is 6.54 Å². The van der Waals surface area contributed by atoms with E-state index >= 15 is 0 Å². The molecule has 0 atom stereocenters. The van der Waals surface area contributed by atoms with E-state index in [-0.39, 0.29) is 5.56 Å². The van der Waals surface area contributed by atoms with E-state index in [4.69, 9.17) is 0 Å². The molecule has 0 saturated carbocycles. The minimum Gasteiger partial charge on any atom is -0.353 e. The summed E-state index contributed by atoms with van der Waals surface area (Å²) in [4.78, 5) is 21.1. The van der Waals surface area contributed by atoms with Gasteiger partial charge in [-0.05, 0) is 49.1 Å². The minimum absolute atomic E-state index is 0.0744. The first-order valence-electron chi connectivity index (χ1n) is 10.6. The lowest BCUT2D eigenvalue weighted by Crippen LogP contribution is -2.48. The van der Waals surface area contributed by atoms with Crippen molar-refractivity contribution in [3.63, 3.8) is 0 Å². The highest BCUT2D eigenvalue weighted by molar-refractivity contribution is 5.56. The summed E-state index contributed by atoms with van der Waals surface area (Å²) < 4.78 is 1.56. The number of rotatable bonds is 5. The van der Waals surface area contributed by atoms with Crippen LogP contribution in [0.4, 0.5) is 5.82 Å². The number of anilines is 1. The number of pyridine rings is 1. The molecule has 2 aliphatic rings. The van der Waals surface area contributed by atoms with Crippen LogP contribution in [0.5, 0.6) is 0 Å². The van der Waals surface area contributed by atoms with Crippen molar-refractivity contribution < 1.29 is 0 Å². The van der Waals surface area contributed by atoms with Crippen molar-refractivity contribution in [2.45, 2.75) is 25.8 Å². The van der Waals surface area contributed by atoms with Gasteiger partial charge in [-0.1, -0.05) is 0 Å². The van der Waals surface area contributed by atoms with Gasteiger partial charge < -0.3 is 4.90 Å². The summed E-state index contributed by atoms with van der Waals surface area (Å²) in [5.41, 5.74) is 4.14. The Bertz CT molecular complexity index is 1070.